The molecule has 10 amide bonds. The maximum Gasteiger partial charge on any atom is 0.243 e. The first-order valence-corrected chi connectivity index (χ1v) is 24.2. The predicted octanol–water partition coefficient (Wildman–Crippen LogP) is -3.06. The largest absolute Gasteiger partial charge is 0.394 e. The summed E-state index contributed by atoms with van der Waals surface area (Å²) in [4.78, 5) is 140. The molecule has 0 aliphatic carbocycles. The zero-order chi connectivity index (χ0) is 55.0. The lowest BCUT2D eigenvalue weighted by molar-refractivity contribution is -0.135. The van der Waals surface area contributed by atoms with E-state index in [2.05, 4.69) is 52.5 Å². The fourth-order valence-corrected chi connectivity index (χ4v) is 7.50. The van der Waals surface area contributed by atoms with E-state index in [1.165, 1.54) is 19.4 Å². The third-order valence-electron chi connectivity index (χ3n) is 11.9. The van der Waals surface area contributed by atoms with Gasteiger partial charge >= 0.3 is 0 Å². The number of primary amides is 2. The fraction of sp³-hybridized carbons (Fsp3) is 0.392. The van der Waals surface area contributed by atoms with Gasteiger partial charge in [-0.3, -0.25) is 47.9 Å². The monoisotopic (exact) mass is 1040 g/mol. The first-order chi connectivity index (χ1) is 35.8. The lowest BCUT2D eigenvalue weighted by Crippen LogP contribution is -2.60. The van der Waals surface area contributed by atoms with E-state index >= 15 is 0 Å². The Morgan fingerprint density at radius 2 is 1.00 bits per heavy atom. The molecule has 9 atom stereocenters. The van der Waals surface area contributed by atoms with Gasteiger partial charge in [-0.05, 0) is 29.5 Å². The number of rotatable bonds is 30. The van der Waals surface area contributed by atoms with Gasteiger partial charge in [0.2, 0.25) is 59.1 Å². The molecule has 75 heavy (non-hydrogen) atoms. The van der Waals surface area contributed by atoms with Crippen molar-refractivity contribution in [3.63, 3.8) is 0 Å². The molecule has 0 radical (unpaired) electrons. The highest BCUT2D eigenvalue weighted by Crippen LogP contribution is 2.12. The minimum Gasteiger partial charge on any atom is -0.394 e. The highest BCUT2D eigenvalue weighted by molar-refractivity contribution is 5.98. The average Bonchev–Trinajstić information content (AvgIpc) is 3.91. The van der Waals surface area contributed by atoms with E-state index in [1.54, 1.807) is 105 Å². The Bertz CT molecular complexity index is 2550. The molecule has 0 saturated heterocycles. The van der Waals surface area contributed by atoms with Crippen LogP contribution in [0.3, 0.4) is 0 Å². The number of imidazole rings is 1. The van der Waals surface area contributed by atoms with Gasteiger partial charge < -0.3 is 69.8 Å². The number of amides is 10. The molecular weight excluding hydrogens is 971 g/mol. The zero-order valence-corrected chi connectivity index (χ0v) is 41.9. The van der Waals surface area contributed by atoms with Crippen LogP contribution in [0.25, 0.3) is 0 Å². The summed E-state index contributed by atoms with van der Waals surface area (Å²) in [6.07, 6.45) is 2.40. The Balaban J connectivity index is 1.48. The summed E-state index contributed by atoms with van der Waals surface area (Å²) >= 11 is 0. The van der Waals surface area contributed by atoms with Gasteiger partial charge in [0, 0.05) is 37.6 Å². The zero-order valence-electron chi connectivity index (χ0n) is 41.9. The van der Waals surface area contributed by atoms with Gasteiger partial charge in [-0.15, -0.1) is 0 Å². The number of nitrogens with two attached hydrogens (primary N) is 3. The normalized spacial score (nSPS) is 14.5. The Hall–Kier alpha value is -8.51. The number of H-pyrrole nitrogens is 1. The van der Waals surface area contributed by atoms with Crippen molar-refractivity contribution in [1.82, 2.24) is 52.5 Å². The molecule has 0 spiro atoms. The summed E-state index contributed by atoms with van der Waals surface area (Å²) in [6, 6.07) is 15.4. The molecule has 0 aliphatic heterocycles. The van der Waals surface area contributed by atoms with E-state index in [0.717, 1.165) is 0 Å². The average molecular weight is 1040 g/mol. The molecule has 0 aliphatic rings. The second kappa shape index (κ2) is 29.9. The van der Waals surface area contributed by atoms with Crippen LogP contribution in [-0.4, -0.2) is 136 Å². The molecule has 1 aromatic heterocycles. The van der Waals surface area contributed by atoms with Crippen molar-refractivity contribution in [2.24, 2.45) is 23.1 Å². The first-order valence-electron chi connectivity index (χ1n) is 24.2. The molecule has 3 aromatic carbocycles. The van der Waals surface area contributed by atoms with Crippen LogP contribution >= 0.6 is 0 Å². The Morgan fingerprint density at radius 3 is 1.43 bits per heavy atom. The molecule has 402 valence electrons. The highest BCUT2D eigenvalue weighted by Gasteiger charge is 2.35. The van der Waals surface area contributed by atoms with Crippen LogP contribution in [0.2, 0.25) is 0 Å². The molecule has 4 aromatic rings. The second-order valence-electron chi connectivity index (χ2n) is 17.9. The van der Waals surface area contributed by atoms with E-state index in [-0.39, 0.29) is 25.7 Å². The maximum absolute atomic E-state index is 14.2. The molecule has 1 heterocycles. The van der Waals surface area contributed by atoms with Crippen LogP contribution in [0.15, 0.2) is 104 Å². The number of aromatic amines is 1. The van der Waals surface area contributed by atoms with Crippen LogP contribution in [0.5, 0.6) is 0 Å². The molecule has 24 nitrogen and oxygen atoms in total. The minimum absolute atomic E-state index is 0.0248. The van der Waals surface area contributed by atoms with Crippen molar-refractivity contribution in [3.05, 3.63) is 126 Å². The number of hydrogen-bond donors (Lipinski definition) is 13. The summed E-state index contributed by atoms with van der Waals surface area (Å²) in [6.45, 7) is 3.33. The quantitative estimate of drug-likeness (QED) is 0.0247. The van der Waals surface area contributed by atoms with Gasteiger partial charge in [0.25, 0.3) is 0 Å². The van der Waals surface area contributed by atoms with Crippen LogP contribution in [0.4, 0.5) is 0 Å². The molecule has 0 unspecified atom stereocenters. The first kappa shape index (κ1) is 59.1. The number of aliphatic hydroxyl groups excluding tert-OH is 1. The molecule has 16 N–H and O–H groups in total. The Kier molecular flexibility index (Phi) is 23.5. The van der Waals surface area contributed by atoms with Crippen molar-refractivity contribution >= 4 is 59.1 Å². The second-order valence-corrected chi connectivity index (χ2v) is 17.9. The molecule has 4 rings (SSSR count). The number of aliphatic hydroxyl groups is 1. The molecule has 0 bridgehead atoms. The van der Waals surface area contributed by atoms with Gasteiger partial charge in [0.15, 0.2) is 0 Å². The number of benzene rings is 3. The number of nitrogens with zero attached hydrogens (tertiary/aromatic N) is 1. The van der Waals surface area contributed by atoms with Gasteiger partial charge in [0.1, 0.15) is 42.3 Å². The maximum atomic E-state index is 14.2. The van der Waals surface area contributed by atoms with Crippen molar-refractivity contribution in [3.8, 4) is 0 Å². The summed E-state index contributed by atoms with van der Waals surface area (Å²) in [5.41, 5.74) is 18.7. The van der Waals surface area contributed by atoms with E-state index < -0.39 is 133 Å². The lowest BCUT2D eigenvalue weighted by atomic mass is 9.96. The Morgan fingerprint density at radius 1 is 0.560 bits per heavy atom. The van der Waals surface area contributed by atoms with Crippen LogP contribution < -0.4 is 59.7 Å². The fourth-order valence-electron chi connectivity index (χ4n) is 7.50. The van der Waals surface area contributed by atoms with E-state index in [9.17, 15) is 53.1 Å². The molecular formula is C51H67N13O11. The highest BCUT2D eigenvalue weighted by atomic mass is 16.3. The number of nitrogens with one attached hydrogen (secondary N) is 9. The van der Waals surface area contributed by atoms with E-state index in [4.69, 9.17) is 17.2 Å². The lowest BCUT2D eigenvalue weighted by Gasteiger charge is -2.28. The van der Waals surface area contributed by atoms with Gasteiger partial charge in [-0.2, -0.15) is 0 Å². The SMILES string of the molecule is CC[C@H](C)[C@H](NC(=O)[C@H](Cc1ccccc1)NC(=O)[C@H](Cc1cnc[nH]1)NC(=O)CNC(=O)[C@H](C)NC(=O)[C@H](Cc1ccccc1)NC(=O)[C@H](Cc1ccccc1)NC(=O)[C@@H](N)CC(N)=O)C(=O)N[C@@H](CO)C(N)=O. The topological polar surface area (TPSA) is 394 Å². The van der Waals surface area contributed by atoms with Gasteiger partial charge in [-0.25, -0.2) is 4.98 Å². The Labute approximate surface area is 433 Å². The number of carbonyl (C=O) groups excluding carboxylic acids is 10. The van der Waals surface area contributed by atoms with Crippen LogP contribution in [0, 0.1) is 5.92 Å². The van der Waals surface area contributed by atoms with Crippen molar-refractivity contribution in [1.29, 1.82) is 0 Å². The summed E-state index contributed by atoms with van der Waals surface area (Å²) < 4.78 is 0. The van der Waals surface area contributed by atoms with Crippen molar-refractivity contribution in [2.45, 2.75) is 108 Å². The summed E-state index contributed by atoms with van der Waals surface area (Å²) in [7, 11) is 0. The van der Waals surface area contributed by atoms with E-state index in [0.29, 0.717) is 28.8 Å². The summed E-state index contributed by atoms with van der Waals surface area (Å²) in [5, 5.41) is 30.1. The van der Waals surface area contributed by atoms with Gasteiger partial charge in [0.05, 0.1) is 31.9 Å². The summed E-state index contributed by atoms with van der Waals surface area (Å²) in [5.74, 6) is -8.79. The van der Waals surface area contributed by atoms with Crippen LogP contribution in [0.1, 0.15) is 56.0 Å². The van der Waals surface area contributed by atoms with Crippen molar-refractivity contribution < 1.29 is 53.1 Å². The minimum atomic E-state index is -1.42. The third-order valence-corrected chi connectivity index (χ3v) is 11.9. The third kappa shape index (κ3) is 19.8. The number of carbonyl (C=O) groups is 10. The molecule has 24 heteroatoms. The molecule has 0 fully saturated rings. The molecule has 0 saturated carbocycles. The van der Waals surface area contributed by atoms with E-state index in [1.807, 2.05) is 0 Å². The predicted molar refractivity (Wildman–Crippen MR) is 272 cm³/mol. The number of hydrogen-bond acceptors (Lipinski definition) is 13. The standard InChI is InChI=1S/C51H67N13O11/c1-4-29(2)43(51(75)63-40(27-65)44(54)68)64-50(74)38(22-33-18-12-7-13-19-33)62-49(73)39(23-34-25-55-28-57-34)59-42(67)26-56-45(69)30(3)58-47(71)36(20-31-14-8-5-9-15-31)61-48(72)37(21-32-16-10-6-11-17-32)60-46(70)35(52)24-41(53)66/h5-19,25,28-30,35-40,43,65H,4,20-24,26-27,52H2,1-3H3,(H2,53,66)(H2,54,68)(H,55,57)(H,56,69)(H,58,71)(H,59,67)(H,60,70)(H,61,72)(H,62,73)(H,63,75)(H,64,74)/t29-,30-,35-,36-,37-,38-,39-,40-,43-/m0/s1. The number of aromatic nitrogens is 2. The van der Waals surface area contributed by atoms with Gasteiger partial charge in [-0.1, -0.05) is 111 Å². The smallest absolute Gasteiger partial charge is 0.243 e. The van der Waals surface area contributed by atoms with Crippen molar-refractivity contribution in [2.75, 3.05) is 13.2 Å². The van der Waals surface area contributed by atoms with Crippen LogP contribution in [-0.2, 0) is 73.6 Å².